The summed E-state index contributed by atoms with van der Waals surface area (Å²) in [6, 6.07) is 25.9. The molecule has 8 rings (SSSR count). The molecule has 34 heavy (non-hydrogen) atoms. The Bertz CT molecular complexity index is 1960. The van der Waals surface area contributed by atoms with Gasteiger partial charge in [-0.15, -0.1) is 0 Å². The van der Waals surface area contributed by atoms with Crippen molar-refractivity contribution in [2.24, 2.45) is 0 Å². The van der Waals surface area contributed by atoms with Gasteiger partial charge in [0.2, 0.25) is 11.6 Å². The summed E-state index contributed by atoms with van der Waals surface area (Å²) in [6.07, 6.45) is 0. The van der Waals surface area contributed by atoms with Crippen molar-refractivity contribution in [2.75, 3.05) is 0 Å². The van der Waals surface area contributed by atoms with E-state index in [1.165, 1.54) is 27.8 Å². The number of aryl methyl sites for hydroxylation is 3. The van der Waals surface area contributed by atoms with E-state index in [1.54, 1.807) is 0 Å². The van der Waals surface area contributed by atoms with E-state index in [9.17, 15) is 0 Å². The smallest absolute Gasteiger partial charge is 0.223 e. The predicted octanol–water partition coefficient (Wildman–Crippen LogP) is 6.72. The normalized spacial score (nSPS) is 12.6. The Balaban J connectivity index is 1.67. The molecule has 4 aromatic heterocycles. The number of rotatable bonds is 1. The minimum Gasteiger partial charge on any atom is -0.276 e. The van der Waals surface area contributed by atoms with Crippen LogP contribution < -0.4 is 0 Å². The van der Waals surface area contributed by atoms with Gasteiger partial charge in [-0.25, -0.2) is 14.4 Å². The van der Waals surface area contributed by atoms with Gasteiger partial charge in [-0.2, -0.15) is 0 Å². The minimum absolute atomic E-state index is 0.904. The lowest BCUT2D eigenvalue weighted by atomic mass is 9.93. The van der Waals surface area contributed by atoms with Crippen molar-refractivity contribution in [3.8, 4) is 11.1 Å². The number of imidazole rings is 4. The van der Waals surface area contributed by atoms with E-state index in [1.807, 2.05) is 12.1 Å². The van der Waals surface area contributed by atoms with Gasteiger partial charge in [0.05, 0.1) is 33.1 Å². The van der Waals surface area contributed by atoms with Crippen LogP contribution in [0.25, 0.3) is 61.3 Å². The van der Waals surface area contributed by atoms with Crippen molar-refractivity contribution in [3.63, 3.8) is 0 Å². The third-order valence-electron chi connectivity index (χ3n) is 7.23. The predicted molar refractivity (Wildman–Crippen MR) is 138 cm³/mol. The summed E-state index contributed by atoms with van der Waals surface area (Å²) in [5.74, 6) is 1.81. The Labute approximate surface area is 194 Å². The van der Waals surface area contributed by atoms with Crippen molar-refractivity contribution in [3.05, 3.63) is 89.5 Å². The van der Waals surface area contributed by atoms with Crippen LogP contribution in [-0.4, -0.2) is 23.2 Å². The van der Waals surface area contributed by atoms with Gasteiger partial charge in [0, 0.05) is 0 Å². The molecule has 0 spiro atoms. The van der Waals surface area contributed by atoms with Crippen LogP contribution in [0, 0.1) is 20.8 Å². The highest BCUT2D eigenvalue weighted by molar-refractivity contribution is 6.06. The quantitative estimate of drug-likeness (QED) is 0.285. The zero-order chi connectivity index (χ0) is 22.7. The van der Waals surface area contributed by atoms with Gasteiger partial charge in [0.1, 0.15) is 5.52 Å². The number of para-hydroxylation sites is 4. The molecule has 0 aliphatic heterocycles. The molecule has 0 bridgehead atoms. The molecule has 0 fully saturated rings. The molecule has 0 amide bonds. The molecule has 0 radical (unpaired) electrons. The van der Waals surface area contributed by atoms with Crippen LogP contribution >= 0.6 is 0 Å². The van der Waals surface area contributed by atoms with E-state index >= 15 is 0 Å². The Morgan fingerprint density at radius 1 is 0.559 bits per heavy atom. The first-order valence-corrected chi connectivity index (χ1v) is 11.6. The second kappa shape index (κ2) is 5.94. The molecule has 0 unspecified atom stereocenters. The van der Waals surface area contributed by atoms with Crippen LogP contribution in [0.2, 0.25) is 0 Å². The number of aromatic nitrogens is 5. The van der Waals surface area contributed by atoms with E-state index in [4.69, 9.17) is 9.97 Å². The van der Waals surface area contributed by atoms with Gasteiger partial charge < -0.3 is 0 Å². The molecule has 0 atom stereocenters. The summed E-state index contributed by atoms with van der Waals surface area (Å²) < 4.78 is 6.81. The van der Waals surface area contributed by atoms with Crippen molar-refractivity contribution >= 4 is 50.2 Å². The summed E-state index contributed by atoms with van der Waals surface area (Å²) in [4.78, 5) is 10.1. The maximum atomic E-state index is 5.05. The summed E-state index contributed by atoms with van der Waals surface area (Å²) >= 11 is 0. The molecule has 0 saturated heterocycles. The molecular weight excluding hydrogens is 418 g/mol. The molecule has 5 nitrogen and oxygen atoms in total. The van der Waals surface area contributed by atoms with Crippen LogP contribution in [0.15, 0.2) is 72.8 Å². The standard InChI is InChI=1S/C29H21N5/c1-16-12-17(2)26(18(3)13-16)19-14-24-27-25(15-19)33-23-11-7-5-9-21(23)31-29(33)34(27)28-30-20-8-4-6-10-22(20)32(24)28/h4-15H,1-3H3. The number of hydrogen-bond acceptors (Lipinski definition) is 2. The van der Waals surface area contributed by atoms with E-state index in [-0.39, 0.29) is 0 Å². The van der Waals surface area contributed by atoms with Gasteiger partial charge in [0.15, 0.2) is 0 Å². The summed E-state index contributed by atoms with van der Waals surface area (Å²) in [5, 5.41) is 0. The van der Waals surface area contributed by atoms with E-state index < -0.39 is 0 Å². The maximum absolute atomic E-state index is 5.05. The van der Waals surface area contributed by atoms with Crippen molar-refractivity contribution in [2.45, 2.75) is 20.8 Å². The average molecular weight is 440 g/mol. The van der Waals surface area contributed by atoms with E-state index in [0.29, 0.717) is 0 Å². The Morgan fingerprint density at radius 2 is 1.06 bits per heavy atom. The molecule has 0 aliphatic rings. The van der Waals surface area contributed by atoms with Crippen LogP contribution in [0.3, 0.4) is 0 Å². The van der Waals surface area contributed by atoms with Crippen LogP contribution in [0.5, 0.6) is 0 Å². The largest absolute Gasteiger partial charge is 0.276 e. The van der Waals surface area contributed by atoms with Gasteiger partial charge in [0.25, 0.3) is 0 Å². The molecule has 0 aliphatic carbocycles. The maximum Gasteiger partial charge on any atom is 0.223 e. The molecule has 5 heteroatoms. The fourth-order valence-electron chi connectivity index (χ4n) is 6.04. The van der Waals surface area contributed by atoms with Crippen LogP contribution in [0.1, 0.15) is 16.7 Å². The molecule has 0 saturated carbocycles. The Hall–Kier alpha value is -4.38. The first-order chi connectivity index (χ1) is 16.6. The Morgan fingerprint density at radius 3 is 1.59 bits per heavy atom. The molecule has 8 aromatic rings. The number of fused-ring (bicyclic) bond motifs is 10. The van der Waals surface area contributed by atoms with E-state index in [0.717, 1.165) is 50.2 Å². The van der Waals surface area contributed by atoms with Gasteiger partial charge in [-0.1, -0.05) is 42.0 Å². The van der Waals surface area contributed by atoms with Crippen molar-refractivity contribution < 1.29 is 0 Å². The third kappa shape index (κ3) is 2.05. The lowest BCUT2D eigenvalue weighted by Crippen LogP contribution is -1.92. The fourth-order valence-corrected chi connectivity index (χ4v) is 6.04. The summed E-state index contributed by atoms with van der Waals surface area (Å²) in [5.41, 5.74) is 14.1. The first kappa shape index (κ1) is 18.1. The third-order valence-corrected chi connectivity index (χ3v) is 7.23. The number of hydrogen-bond donors (Lipinski definition) is 0. The van der Waals surface area contributed by atoms with Gasteiger partial charge in [-0.3, -0.25) is 8.80 Å². The molecule has 4 aromatic carbocycles. The zero-order valence-electron chi connectivity index (χ0n) is 19.2. The summed E-state index contributed by atoms with van der Waals surface area (Å²) in [7, 11) is 0. The monoisotopic (exact) mass is 439 g/mol. The highest BCUT2D eigenvalue weighted by Crippen LogP contribution is 2.39. The minimum atomic E-state index is 0.904. The average Bonchev–Trinajstić information content (AvgIpc) is 3.52. The number of benzene rings is 4. The topological polar surface area (TPSA) is 39.0 Å². The SMILES string of the molecule is Cc1cc(C)c(-c2cc3c4c(c2)n2c5ccccc5nc2n4c2nc4ccccc4n32)c(C)c1. The second-order valence-corrected chi connectivity index (χ2v) is 9.44. The molecule has 162 valence electrons. The van der Waals surface area contributed by atoms with E-state index in [2.05, 4.69) is 94.6 Å². The molecular formula is C29H21N5. The van der Waals surface area contributed by atoms with Crippen LogP contribution in [0.4, 0.5) is 0 Å². The number of nitrogens with zero attached hydrogens (tertiary/aromatic N) is 5. The summed E-state index contributed by atoms with van der Waals surface area (Å²) in [6.45, 7) is 6.59. The molecule has 4 heterocycles. The molecule has 0 N–H and O–H groups in total. The lowest BCUT2D eigenvalue weighted by Gasteiger charge is -2.12. The fraction of sp³-hybridized carbons (Fsp3) is 0.103. The van der Waals surface area contributed by atoms with Crippen LogP contribution in [-0.2, 0) is 0 Å². The lowest BCUT2D eigenvalue weighted by molar-refractivity contribution is 1.15. The first-order valence-electron chi connectivity index (χ1n) is 11.6. The van der Waals surface area contributed by atoms with Gasteiger partial charge >= 0.3 is 0 Å². The highest BCUT2D eigenvalue weighted by Gasteiger charge is 2.24. The highest BCUT2D eigenvalue weighted by atomic mass is 15.3. The van der Waals surface area contributed by atoms with Crippen molar-refractivity contribution in [1.82, 2.24) is 23.2 Å². The Kier molecular flexibility index (Phi) is 3.16. The van der Waals surface area contributed by atoms with Crippen molar-refractivity contribution in [1.29, 1.82) is 0 Å². The zero-order valence-corrected chi connectivity index (χ0v) is 19.2. The second-order valence-electron chi connectivity index (χ2n) is 9.44. The van der Waals surface area contributed by atoms with Gasteiger partial charge in [-0.05, 0) is 79.4 Å².